The van der Waals surface area contributed by atoms with Gasteiger partial charge in [0.15, 0.2) is 5.82 Å². The average molecular weight is 329 g/mol. The van der Waals surface area contributed by atoms with Crippen molar-refractivity contribution in [2.75, 3.05) is 23.4 Å². The van der Waals surface area contributed by atoms with Crippen LogP contribution in [0, 0.1) is 12.8 Å². The van der Waals surface area contributed by atoms with Gasteiger partial charge in [-0.25, -0.2) is 0 Å². The lowest BCUT2D eigenvalue weighted by Gasteiger charge is -2.20. The van der Waals surface area contributed by atoms with Crippen LogP contribution < -0.4 is 15.0 Å². The van der Waals surface area contributed by atoms with E-state index in [9.17, 15) is 9.59 Å². The second kappa shape index (κ2) is 6.74. The molecule has 7 nitrogen and oxygen atoms in total. The van der Waals surface area contributed by atoms with Gasteiger partial charge in [0.05, 0.1) is 18.2 Å². The minimum absolute atomic E-state index is 0.0980. The van der Waals surface area contributed by atoms with E-state index in [0.29, 0.717) is 30.4 Å². The first kappa shape index (κ1) is 16.0. The number of nitrogens with zero attached hydrogens (tertiary/aromatic N) is 2. The van der Waals surface area contributed by atoms with Crippen molar-refractivity contribution in [1.29, 1.82) is 0 Å². The number of benzene rings is 1. The highest BCUT2D eigenvalue weighted by atomic mass is 16.5. The van der Waals surface area contributed by atoms with Crippen LogP contribution in [-0.2, 0) is 9.59 Å². The molecule has 1 aromatic heterocycles. The number of aryl methyl sites for hydroxylation is 1. The lowest BCUT2D eigenvalue weighted by Crippen LogP contribution is -2.28. The van der Waals surface area contributed by atoms with E-state index in [2.05, 4.69) is 10.5 Å². The Bertz CT molecular complexity index is 756. The first-order chi connectivity index (χ1) is 11.6. The number of para-hydroxylation sites is 2. The number of aromatic nitrogens is 1. The molecule has 24 heavy (non-hydrogen) atoms. The quantitative estimate of drug-likeness (QED) is 0.910. The molecule has 7 heteroatoms. The Morgan fingerprint density at radius 3 is 2.96 bits per heavy atom. The van der Waals surface area contributed by atoms with E-state index in [0.717, 1.165) is 5.56 Å². The Morgan fingerprint density at radius 2 is 2.25 bits per heavy atom. The third-order valence-electron chi connectivity index (χ3n) is 3.94. The number of ether oxygens (including phenoxy) is 1. The molecule has 0 radical (unpaired) electrons. The molecular formula is C17H19N3O4. The van der Waals surface area contributed by atoms with E-state index in [1.807, 2.05) is 31.2 Å². The fourth-order valence-corrected chi connectivity index (χ4v) is 2.70. The van der Waals surface area contributed by atoms with Crippen molar-refractivity contribution in [3.63, 3.8) is 0 Å². The SMILES string of the molecule is CCOc1ccccc1N1C[C@H](C(=O)Nc2nocc2C)CC1=O. The molecule has 1 aliphatic heterocycles. The normalized spacial score (nSPS) is 17.2. The molecule has 2 amide bonds. The van der Waals surface area contributed by atoms with Gasteiger partial charge in [-0.1, -0.05) is 17.3 Å². The van der Waals surface area contributed by atoms with E-state index < -0.39 is 5.92 Å². The number of hydrogen-bond donors (Lipinski definition) is 1. The average Bonchev–Trinajstić information content (AvgIpc) is 3.15. The number of amides is 2. The molecule has 0 unspecified atom stereocenters. The van der Waals surface area contributed by atoms with Gasteiger partial charge >= 0.3 is 0 Å². The van der Waals surface area contributed by atoms with Crippen LogP contribution in [0.3, 0.4) is 0 Å². The predicted octanol–water partition coefficient (Wildman–Crippen LogP) is 2.37. The van der Waals surface area contributed by atoms with Crippen molar-refractivity contribution in [3.05, 3.63) is 36.1 Å². The van der Waals surface area contributed by atoms with Gasteiger partial charge in [0.25, 0.3) is 0 Å². The summed E-state index contributed by atoms with van der Waals surface area (Å²) in [6, 6.07) is 7.34. The van der Waals surface area contributed by atoms with Crippen molar-refractivity contribution in [1.82, 2.24) is 5.16 Å². The van der Waals surface area contributed by atoms with Crippen LogP contribution in [0.15, 0.2) is 35.1 Å². The second-order valence-electron chi connectivity index (χ2n) is 5.64. The molecule has 0 spiro atoms. The van der Waals surface area contributed by atoms with E-state index in [-0.39, 0.29) is 18.2 Å². The molecule has 1 fully saturated rings. The summed E-state index contributed by atoms with van der Waals surface area (Å²) in [6.07, 6.45) is 1.61. The number of anilines is 2. The molecule has 126 valence electrons. The van der Waals surface area contributed by atoms with Crippen molar-refractivity contribution >= 4 is 23.3 Å². The summed E-state index contributed by atoms with van der Waals surface area (Å²) in [4.78, 5) is 26.4. The second-order valence-corrected chi connectivity index (χ2v) is 5.64. The fourth-order valence-electron chi connectivity index (χ4n) is 2.70. The summed E-state index contributed by atoms with van der Waals surface area (Å²) in [5.74, 6) is 0.251. The number of hydrogen-bond acceptors (Lipinski definition) is 5. The van der Waals surface area contributed by atoms with Crippen LogP contribution in [0.5, 0.6) is 5.75 Å². The van der Waals surface area contributed by atoms with E-state index >= 15 is 0 Å². The number of carbonyl (C=O) groups is 2. The fraction of sp³-hybridized carbons (Fsp3) is 0.353. The van der Waals surface area contributed by atoms with E-state index in [1.165, 1.54) is 6.26 Å². The van der Waals surface area contributed by atoms with Gasteiger partial charge in [-0.2, -0.15) is 0 Å². The Hall–Kier alpha value is -2.83. The topological polar surface area (TPSA) is 84.7 Å². The van der Waals surface area contributed by atoms with Gasteiger partial charge in [-0.15, -0.1) is 0 Å². The van der Waals surface area contributed by atoms with Gasteiger partial charge in [-0.3, -0.25) is 9.59 Å². The summed E-state index contributed by atoms with van der Waals surface area (Å²) in [5.41, 5.74) is 1.43. The molecule has 1 N–H and O–H groups in total. The molecule has 3 rings (SSSR count). The third kappa shape index (κ3) is 3.10. The maximum atomic E-state index is 12.4. The maximum Gasteiger partial charge on any atom is 0.231 e. The molecule has 0 saturated carbocycles. The number of nitrogens with one attached hydrogen (secondary N) is 1. The Balaban J connectivity index is 1.74. The molecule has 1 aliphatic rings. The molecular weight excluding hydrogens is 310 g/mol. The maximum absolute atomic E-state index is 12.4. The van der Waals surface area contributed by atoms with Crippen molar-refractivity contribution in [2.45, 2.75) is 20.3 Å². The standard InChI is InChI=1S/C17H19N3O4/c1-3-23-14-7-5-4-6-13(14)20-9-12(8-15(20)21)17(22)18-16-11(2)10-24-19-16/h4-7,10,12H,3,8-9H2,1-2H3,(H,18,19,22)/t12-/m1/s1. The smallest absolute Gasteiger partial charge is 0.231 e. The lowest BCUT2D eigenvalue weighted by atomic mass is 10.1. The number of carbonyl (C=O) groups excluding carboxylic acids is 2. The first-order valence-corrected chi connectivity index (χ1v) is 7.84. The molecule has 2 heterocycles. The van der Waals surface area contributed by atoms with Gasteiger partial charge in [0.1, 0.15) is 12.0 Å². The highest BCUT2D eigenvalue weighted by Crippen LogP contribution is 2.33. The minimum atomic E-state index is -0.441. The summed E-state index contributed by atoms with van der Waals surface area (Å²) in [7, 11) is 0. The summed E-state index contributed by atoms with van der Waals surface area (Å²) >= 11 is 0. The van der Waals surface area contributed by atoms with Crippen LogP contribution in [0.2, 0.25) is 0 Å². The van der Waals surface area contributed by atoms with Crippen LogP contribution in [0.1, 0.15) is 18.9 Å². The predicted molar refractivity (Wildman–Crippen MR) is 87.9 cm³/mol. The molecule has 1 saturated heterocycles. The van der Waals surface area contributed by atoms with Crippen molar-refractivity contribution in [3.8, 4) is 5.75 Å². The summed E-state index contributed by atoms with van der Waals surface area (Å²) < 4.78 is 10.4. The zero-order valence-corrected chi connectivity index (χ0v) is 13.6. The van der Waals surface area contributed by atoms with E-state index in [4.69, 9.17) is 9.26 Å². The molecule has 1 aromatic carbocycles. The van der Waals surface area contributed by atoms with Crippen molar-refractivity contribution < 1.29 is 18.8 Å². The van der Waals surface area contributed by atoms with Gasteiger partial charge in [0.2, 0.25) is 11.8 Å². The zero-order valence-electron chi connectivity index (χ0n) is 13.6. The summed E-state index contributed by atoms with van der Waals surface area (Å²) in [5, 5.41) is 6.45. The van der Waals surface area contributed by atoms with Crippen LogP contribution in [-0.4, -0.2) is 30.1 Å². The molecule has 1 atom stereocenters. The highest BCUT2D eigenvalue weighted by Gasteiger charge is 2.36. The minimum Gasteiger partial charge on any atom is -0.492 e. The molecule has 0 bridgehead atoms. The third-order valence-corrected chi connectivity index (χ3v) is 3.94. The van der Waals surface area contributed by atoms with Crippen LogP contribution in [0.25, 0.3) is 0 Å². The Labute approximate surface area is 139 Å². The lowest BCUT2D eigenvalue weighted by molar-refractivity contribution is -0.122. The highest BCUT2D eigenvalue weighted by molar-refractivity contribution is 6.04. The van der Waals surface area contributed by atoms with Crippen molar-refractivity contribution in [2.24, 2.45) is 5.92 Å². The van der Waals surface area contributed by atoms with E-state index in [1.54, 1.807) is 11.8 Å². The molecule has 2 aromatic rings. The summed E-state index contributed by atoms with van der Waals surface area (Å²) in [6.45, 7) is 4.50. The van der Waals surface area contributed by atoms with Gasteiger partial charge in [-0.05, 0) is 26.0 Å². The zero-order chi connectivity index (χ0) is 17.1. The van der Waals surface area contributed by atoms with Crippen LogP contribution in [0.4, 0.5) is 11.5 Å². The number of rotatable bonds is 5. The Morgan fingerprint density at radius 1 is 1.46 bits per heavy atom. The monoisotopic (exact) mass is 329 g/mol. The first-order valence-electron chi connectivity index (χ1n) is 7.84. The van der Waals surface area contributed by atoms with Gasteiger partial charge < -0.3 is 19.5 Å². The Kier molecular flexibility index (Phi) is 4.50. The van der Waals surface area contributed by atoms with Gasteiger partial charge in [0, 0.05) is 18.5 Å². The largest absolute Gasteiger partial charge is 0.492 e. The van der Waals surface area contributed by atoms with Crippen LogP contribution >= 0.6 is 0 Å². The molecule has 0 aliphatic carbocycles.